The van der Waals surface area contributed by atoms with Crippen molar-refractivity contribution in [3.05, 3.63) is 0 Å². The summed E-state index contributed by atoms with van der Waals surface area (Å²) in [7, 11) is -4.24. The fourth-order valence-electron chi connectivity index (χ4n) is 1.77. The molecule has 0 saturated heterocycles. The van der Waals surface area contributed by atoms with Gasteiger partial charge >= 0.3 is 7.82 Å². The average Bonchev–Trinajstić information content (AvgIpc) is 2.24. The smallest absolute Gasteiger partial charge is 0.303 e. The van der Waals surface area contributed by atoms with E-state index in [0.29, 0.717) is 0 Å². The molecule has 0 fully saturated rings. The Morgan fingerprint density at radius 1 is 0.833 bits per heavy atom. The largest absolute Gasteiger partial charge is 0.469 e. The van der Waals surface area contributed by atoms with E-state index in [1.807, 2.05) is 0 Å². The first-order valence-electron chi connectivity index (χ1n) is 6.76. The van der Waals surface area contributed by atoms with Crippen molar-refractivity contribution < 1.29 is 38.4 Å². The van der Waals surface area contributed by atoms with E-state index in [9.17, 15) is 4.57 Å². The molecule has 0 atom stereocenters. The molecule has 0 spiro atoms. The van der Waals surface area contributed by atoms with Crippen molar-refractivity contribution >= 4 is 7.82 Å². The fraction of sp³-hybridized carbons (Fsp3) is 1.00. The van der Waals surface area contributed by atoms with Crippen LogP contribution in [0.4, 0.5) is 0 Å². The van der Waals surface area contributed by atoms with Crippen molar-refractivity contribution in [3.8, 4) is 0 Å². The molecule has 0 aromatic rings. The van der Waals surface area contributed by atoms with E-state index in [1.54, 1.807) is 0 Å². The Kier molecular flexibility index (Phi) is 16.5. The number of phosphoric ester groups is 1. The number of hydrogen-bond donors (Lipinski definition) is 2. The van der Waals surface area contributed by atoms with E-state index in [1.165, 1.54) is 44.9 Å². The first kappa shape index (κ1) is 21.0. The van der Waals surface area contributed by atoms with Gasteiger partial charge < -0.3 is 9.79 Å². The third kappa shape index (κ3) is 19.1. The van der Waals surface area contributed by atoms with Crippen LogP contribution < -0.4 is 0 Å². The summed E-state index contributed by atoms with van der Waals surface area (Å²) in [6, 6.07) is 0. The summed E-state index contributed by atoms with van der Waals surface area (Å²) in [6.45, 7) is 2.39. The molecule has 18 heavy (non-hydrogen) atoms. The average molecular weight is 332 g/mol. The van der Waals surface area contributed by atoms with Crippen LogP contribution >= 0.6 is 7.82 Å². The van der Waals surface area contributed by atoms with E-state index in [0.717, 1.165) is 19.3 Å². The minimum absolute atomic E-state index is 0. The molecular weight excluding hydrogens is 304 g/mol. The molecule has 0 aliphatic rings. The Hall–Kier alpha value is 0.733. The zero-order valence-electron chi connectivity index (χ0n) is 11.6. The van der Waals surface area contributed by atoms with Crippen molar-refractivity contribution in [2.45, 2.75) is 71.1 Å². The van der Waals surface area contributed by atoms with Crippen LogP contribution in [0.25, 0.3) is 0 Å². The van der Waals surface area contributed by atoms with Gasteiger partial charge in [0.2, 0.25) is 0 Å². The Morgan fingerprint density at radius 2 is 1.22 bits per heavy atom. The van der Waals surface area contributed by atoms with Gasteiger partial charge in [-0.05, 0) is 6.42 Å². The van der Waals surface area contributed by atoms with Crippen molar-refractivity contribution in [1.82, 2.24) is 0 Å². The number of phosphoric acid groups is 1. The summed E-state index contributed by atoms with van der Waals surface area (Å²) in [4.78, 5) is 16.9. The van der Waals surface area contributed by atoms with E-state index < -0.39 is 7.82 Å². The molecule has 6 heteroatoms. The standard InChI is InChI=1S/C12H27O4P.Zn/c1-2-3-4-5-6-7-8-9-10-11-12-16-17(13,14)15;/h2-12H2,1H3,(H2,13,14,15);. The number of hydrogen-bond acceptors (Lipinski definition) is 2. The van der Waals surface area contributed by atoms with Gasteiger partial charge in [0.15, 0.2) is 0 Å². The molecule has 0 aliphatic heterocycles. The molecule has 0 rings (SSSR count). The molecule has 0 bridgehead atoms. The van der Waals surface area contributed by atoms with Gasteiger partial charge in [-0.25, -0.2) is 4.57 Å². The van der Waals surface area contributed by atoms with E-state index >= 15 is 0 Å². The Labute approximate surface area is 124 Å². The Bertz CT molecular complexity index is 208. The van der Waals surface area contributed by atoms with Crippen LogP contribution in [-0.4, -0.2) is 16.4 Å². The van der Waals surface area contributed by atoms with E-state index in [2.05, 4.69) is 11.4 Å². The molecule has 0 aromatic heterocycles. The van der Waals surface area contributed by atoms with Gasteiger partial charge in [0, 0.05) is 19.5 Å². The van der Waals surface area contributed by atoms with Crippen LogP contribution in [0, 0.1) is 0 Å². The minimum Gasteiger partial charge on any atom is -0.303 e. The summed E-state index contributed by atoms with van der Waals surface area (Å²) >= 11 is 0. The zero-order valence-corrected chi connectivity index (χ0v) is 15.5. The molecule has 0 aliphatic carbocycles. The normalized spacial score (nSPS) is 11.3. The Balaban J connectivity index is 0. The SMILES string of the molecule is CCCCCCCCCCCCOP(=O)(O)O.[Zn]. The quantitative estimate of drug-likeness (QED) is 0.322. The van der Waals surface area contributed by atoms with Crippen LogP contribution in [0.3, 0.4) is 0 Å². The summed E-state index contributed by atoms with van der Waals surface area (Å²) in [5.41, 5.74) is 0. The van der Waals surface area contributed by atoms with Gasteiger partial charge in [-0.2, -0.15) is 0 Å². The van der Waals surface area contributed by atoms with Gasteiger partial charge in [-0.15, -0.1) is 0 Å². The van der Waals surface area contributed by atoms with Gasteiger partial charge in [-0.1, -0.05) is 64.7 Å². The molecule has 0 unspecified atom stereocenters. The molecule has 0 saturated carbocycles. The molecule has 0 radical (unpaired) electrons. The van der Waals surface area contributed by atoms with Crippen LogP contribution in [0.1, 0.15) is 71.1 Å². The van der Waals surface area contributed by atoms with Gasteiger partial charge in [-0.3, -0.25) is 4.52 Å². The van der Waals surface area contributed by atoms with Crippen molar-refractivity contribution in [1.29, 1.82) is 0 Å². The van der Waals surface area contributed by atoms with Gasteiger partial charge in [0.05, 0.1) is 6.61 Å². The van der Waals surface area contributed by atoms with Crippen molar-refractivity contribution in [3.63, 3.8) is 0 Å². The molecular formula is C12H27O4PZn. The predicted molar refractivity (Wildman–Crippen MR) is 69.8 cm³/mol. The third-order valence-corrected chi connectivity index (χ3v) is 3.28. The minimum atomic E-state index is -4.24. The summed E-state index contributed by atoms with van der Waals surface area (Å²) in [5.74, 6) is 0. The molecule has 4 nitrogen and oxygen atoms in total. The maximum absolute atomic E-state index is 10.4. The second-order valence-corrected chi connectivity index (χ2v) is 5.75. The Morgan fingerprint density at radius 3 is 1.61 bits per heavy atom. The van der Waals surface area contributed by atoms with Crippen molar-refractivity contribution in [2.75, 3.05) is 6.61 Å². The predicted octanol–water partition coefficient (Wildman–Crippen LogP) is 4.01. The maximum atomic E-state index is 10.4. The topological polar surface area (TPSA) is 66.8 Å². The van der Waals surface area contributed by atoms with Crippen molar-refractivity contribution in [2.24, 2.45) is 0 Å². The monoisotopic (exact) mass is 330 g/mol. The van der Waals surface area contributed by atoms with Crippen LogP contribution in [-0.2, 0) is 28.6 Å². The third-order valence-electron chi connectivity index (χ3n) is 2.76. The van der Waals surface area contributed by atoms with Crippen LogP contribution in [0.5, 0.6) is 0 Å². The number of rotatable bonds is 12. The molecule has 0 aromatic carbocycles. The first-order valence-corrected chi connectivity index (χ1v) is 8.29. The van der Waals surface area contributed by atoms with Gasteiger partial charge in [0.1, 0.15) is 0 Å². The first-order chi connectivity index (χ1) is 8.06. The summed E-state index contributed by atoms with van der Waals surface area (Å²) in [5, 5.41) is 0. The van der Waals surface area contributed by atoms with Crippen LogP contribution in [0.2, 0.25) is 0 Å². The van der Waals surface area contributed by atoms with E-state index in [-0.39, 0.29) is 26.1 Å². The molecule has 106 valence electrons. The second kappa shape index (κ2) is 14.1. The van der Waals surface area contributed by atoms with E-state index in [4.69, 9.17) is 9.79 Å². The second-order valence-electron chi connectivity index (χ2n) is 4.51. The van der Waals surface area contributed by atoms with Crippen LogP contribution in [0.15, 0.2) is 0 Å². The van der Waals surface area contributed by atoms with Gasteiger partial charge in [0.25, 0.3) is 0 Å². The maximum Gasteiger partial charge on any atom is 0.469 e. The molecule has 0 amide bonds. The fourth-order valence-corrected chi connectivity index (χ4v) is 2.14. The molecule has 0 heterocycles. The summed E-state index contributed by atoms with van der Waals surface area (Å²) < 4.78 is 14.7. The summed E-state index contributed by atoms with van der Waals surface area (Å²) in [6.07, 6.45) is 12.0. The number of unbranched alkanes of at least 4 members (excludes halogenated alkanes) is 9. The zero-order chi connectivity index (χ0) is 13.0. The molecule has 2 N–H and O–H groups in total.